The van der Waals surface area contributed by atoms with Crippen molar-refractivity contribution in [3.63, 3.8) is 0 Å². The topological polar surface area (TPSA) is 43.7 Å². The third-order valence-electron chi connectivity index (χ3n) is 5.39. The summed E-state index contributed by atoms with van der Waals surface area (Å²) in [5.41, 5.74) is 2.41. The van der Waals surface area contributed by atoms with Gasteiger partial charge in [-0.1, -0.05) is 60.2 Å². The smallest absolute Gasteiger partial charge is 0.0942 e. The summed E-state index contributed by atoms with van der Waals surface area (Å²) in [5, 5.41) is 21.6. The summed E-state index contributed by atoms with van der Waals surface area (Å²) in [5.74, 6) is 0. The van der Waals surface area contributed by atoms with Crippen molar-refractivity contribution in [2.75, 3.05) is 13.1 Å². The van der Waals surface area contributed by atoms with E-state index < -0.39 is 11.7 Å². The van der Waals surface area contributed by atoms with Gasteiger partial charge in [0.1, 0.15) is 0 Å². The molecule has 0 aromatic heterocycles. The van der Waals surface area contributed by atoms with Gasteiger partial charge in [-0.15, -0.1) is 0 Å². The molecule has 3 rings (SSSR count). The van der Waals surface area contributed by atoms with E-state index >= 15 is 0 Å². The van der Waals surface area contributed by atoms with E-state index in [0.29, 0.717) is 12.8 Å². The summed E-state index contributed by atoms with van der Waals surface area (Å²) < 4.78 is 0. The zero-order valence-electron chi connectivity index (χ0n) is 14.5. The number of aliphatic hydroxyl groups is 2. The van der Waals surface area contributed by atoms with E-state index in [0.717, 1.165) is 24.2 Å². The average molecular weight is 325 g/mol. The Labute approximate surface area is 144 Å². The minimum absolute atomic E-state index is 0.0352. The molecule has 2 aromatic carbocycles. The fraction of sp³-hybridized carbons (Fsp3) is 0.429. The van der Waals surface area contributed by atoms with Gasteiger partial charge in [0.25, 0.3) is 0 Å². The molecule has 2 aromatic rings. The molecule has 1 fully saturated rings. The number of aliphatic hydroxyl groups excluding tert-OH is 1. The Bertz CT molecular complexity index is 645. The van der Waals surface area contributed by atoms with Crippen LogP contribution in [0.2, 0.25) is 0 Å². The van der Waals surface area contributed by atoms with Crippen molar-refractivity contribution in [2.45, 2.75) is 44.4 Å². The normalized spacial score (nSPS) is 20.5. The molecule has 128 valence electrons. The minimum atomic E-state index is -0.744. The first-order valence-electron chi connectivity index (χ1n) is 8.76. The molecule has 0 unspecified atom stereocenters. The number of nitrogens with zero attached hydrogens (tertiary/aromatic N) is 1. The van der Waals surface area contributed by atoms with Gasteiger partial charge in [0.15, 0.2) is 0 Å². The summed E-state index contributed by atoms with van der Waals surface area (Å²) in [6.45, 7) is 5.69. The highest BCUT2D eigenvalue weighted by molar-refractivity contribution is 5.25. The van der Waals surface area contributed by atoms with Crippen LogP contribution in [0.3, 0.4) is 0 Å². The van der Waals surface area contributed by atoms with Gasteiger partial charge in [-0.05, 0) is 37.8 Å². The number of hydrogen-bond donors (Lipinski definition) is 2. The molecule has 3 nitrogen and oxygen atoms in total. The Balaban J connectivity index is 1.64. The minimum Gasteiger partial charge on any atom is -0.387 e. The first kappa shape index (κ1) is 17.2. The fourth-order valence-corrected chi connectivity index (χ4v) is 3.58. The van der Waals surface area contributed by atoms with Gasteiger partial charge in [-0.25, -0.2) is 0 Å². The van der Waals surface area contributed by atoms with Crippen LogP contribution in [0, 0.1) is 6.92 Å². The Kier molecular flexibility index (Phi) is 5.04. The van der Waals surface area contributed by atoms with Crippen molar-refractivity contribution in [3.05, 3.63) is 71.3 Å². The lowest BCUT2D eigenvalue weighted by atomic mass is 9.83. The molecular weight excluding hydrogens is 298 g/mol. The van der Waals surface area contributed by atoms with Crippen LogP contribution in [0.1, 0.15) is 42.6 Å². The van der Waals surface area contributed by atoms with Gasteiger partial charge in [0, 0.05) is 19.1 Å². The summed E-state index contributed by atoms with van der Waals surface area (Å²) in [6.07, 6.45) is 0.887. The van der Waals surface area contributed by atoms with Crippen molar-refractivity contribution in [1.82, 2.24) is 4.90 Å². The number of rotatable bonds is 4. The molecule has 2 N–H and O–H groups in total. The molecule has 2 atom stereocenters. The fourth-order valence-electron chi connectivity index (χ4n) is 3.58. The van der Waals surface area contributed by atoms with Crippen molar-refractivity contribution < 1.29 is 10.2 Å². The highest BCUT2D eigenvalue weighted by Crippen LogP contribution is 2.34. The predicted octanol–water partition coefficient (Wildman–Crippen LogP) is 3.40. The van der Waals surface area contributed by atoms with Crippen LogP contribution in [0.25, 0.3) is 0 Å². The monoisotopic (exact) mass is 325 g/mol. The highest BCUT2D eigenvalue weighted by atomic mass is 16.3. The van der Waals surface area contributed by atoms with E-state index in [2.05, 4.69) is 18.7 Å². The van der Waals surface area contributed by atoms with Crippen LogP contribution < -0.4 is 0 Å². The Morgan fingerprint density at radius 3 is 2.12 bits per heavy atom. The van der Waals surface area contributed by atoms with E-state index in [1.807, 2.05) is 54.6 Å². The molecule has 3 heteroatoms. The average Bonchev–Trinajstić information content (AvgIpc) is 2.62. The van der Waals surface area contributed by atoms with Crippen molar-refractivity contribution in [2.24, 2.45) is 0 Å². The van der Waals surface area contributed by atoms with Crippen LogP contribution in [0.4, 0.5) is 0 Å². The molecule has 1 aliphatic rings. The predicted molar refractivity (Wildman–Crippen MR) is 96.7 cm³/mol. The van der Waals surface area contributed by atoms with Crippen LogP contribution in [-0.4, -0.2) is 34.2 Å². The highest BCUT2D eigenvalue weighted by Gasteiger charge is 2.36. The van der Waals surface area contributed by atoms with E-state index in [9.17, 15) is 10.2 Å². The van der Waals surface area contributed by atoms with Crippen LogP contribution >= 0.6 is 0 Å². The summed E-state index contributed by atoms with van der Waals surface area (Å²) in [4.78, 5) is 2.28. The summed E-state index contributed by atoms with van der Waals surface area (Å²) >= 11 is 0. The van der Waals surface area contributed by atoms with E-state index in [4.69, 9.17) is 0 Å². The number of piperidine rings is 1. The first-order chi connectivity index (χ1) is 11.5. The van der Waals surface area contributed by atoms with E-state index in [1.54, 1.807) is 0 Å². The lowest BCUT2D eigenvalue weighted by molar-refractivity contribution is -0.0501. The molecule has 24 heavy (non-hydrogen) atoms. The Hall–Kier alpha value is -1.68. The number of aryl methyl sites for hydroxylation is 1. The SMILES string of the molecule is Cc1ccc([C@@H](O)[C@H](C)N2CCC(O)(c3ccccc3)CC2)cc1. The largest absolute Gasteiger partial charge is 0.387 e. The molecule has 1 heterocycles. The van der Waals surface area contributed by atoms with Gasteiger partial charge in [0.05, 0.1) is 11.7 Å². The van der Waals surface area contributed by atoms with Crippen LogP contribution in [-0.2, 0) is 5.60 Å². The number of likely N-dealkylation sites (tertiary alicyclic amines) is 1. The van der Waals surface area contributed by atoms with Gasteiger partial charge in [-0.3, -0.25) is 4.90 Å². The van der Waals surface area contributed by atoms with E-state index in [-0.39, 0.29) is 6.04 Å². The van der Waals surface area contributed by atoms with Gasteiger partial charge >= 0.3 is 0 Å². The first-order valence-corrected chi connectivity index (χ1v) is 8.76. The molecule has 0 amide bonds. The second-order valence-electron chi connectivity index (χ2n) is 7.03. The molecule has 1 aliphatic heterocycles. The second-order valence-corrected chi connectivity index (χ2v) is 7.03. The maximum atomic E-state index is 10.9. The number of hydrogen-bond acceptors (Lipinski definition) is 3. The van der Waals surface area contributed by atoms with Gasteiger partial charge < -0.3 is 10.2 Å². The van der Waals surface area contributed by atoms with Crippen LogP contribution in [0.5, 0.6) is 0 Å². The zero-order valence-corrected chi connectivity index (χ0v) is 14.5. The molecule has 0 saturated carbocycles. The zero-order chi connectivity index (χ0) is 17.2. The number of benzene rings is 2. The third kappa shape index (κ3) is 3.54. The lowest BCUT2D eigenvalue weighted by Gasteiger charge is -2.42. The molecule has 0 aliphatic carbocycles. The summed E-state index contributed by atoms with van der Waals surface area (Å²) in [6, 6.07) is 18.0. The van der Waals surface area contributed by atoms with Gasteiger partial charge in [-0.2, -0.15) is 0 Å². The van der Waals surface area contributed by atoms with Crippen LogP contribution in [0.15, 0.2) is 54.6 Å². The lowest BCUT2D eigenvalue weighted by Crippen LogP contribution is -2.47. The second kappa shape index (κ2) is 7.06. The molecule has 0 bridgehead atoms. The van der Waals surface area contributed by atoms with Crippen molar-refractivity contribution in [3.8, 4) is 0 Å². The molecule has 0 spiro atoms. The third-order valence-corrected chi connectivity index (χ3v) is 5.39. The molecular formula is C21H27NO2. The quantitative estimate of drug-likeness (QED) is 0.905. The van der Waals surface area contributed by atoms with Gasteiger partial charge in [0.2, 0.25) is 0 Å². The van der Waals surface area contributed by atoms with E-state index in [1.165, 1.54) is 5.56 Å². The summed E-state index contributed by atoms with van der Waals surface area (Å²) in [7, 11) is 0. The van der Waals surface area contributed by atoms with Crippen molar-refractivity contribution >= 4 is 0 Å². The standard InChI is InChI=1S/C21H27NO2/c1-16-8-10-18(11-9-16)20(23)17(2)22-14-12-21(24,13-15-22)19-6-4-3-5-7-19/h3-11,17,20,23-24H,12-15H2,1-2H3/t17-,20-/m0/s1. The molecule has 1 saturated heterocycles. The Morgan fingerprint density at radius 1 is 0.958 bits per heavy atom. The Morgan fingerprint density at radius 2 is 1.54 bits per heavy atom. The van der Waals surface area contributed by atoms with Crippen molar-refractivity contribution in [1.29, 1.82) is 0 Å². The maximum absolute atomic E-state index is 10.9. The maximum Gasteiger partial charge on any atom is 0.0942 e. The molecule has 0 radical (unpaired) electrons.